The number of hydrogen-bond donors (Lipinski definition) is 2. The summed E-state index contributed by atoms with van der Waals surface area (Å²) in [5.41, 5.74) is 2.10. The van der Waals surface area contributed by atoms with Crippen molar-refractivity contribution in [1.82, 2.24) is 15.5 Å². The van der Waals surface area contributed by atoms with Crippen molar-refractivity contribution in [2.45, 2.75) is 32.7 Å². The minimum Gasteiger partial charge on any atom is -0.381 e. The molecule has 1 atom stereocenters. The van der Waals surface area contributed by atoms with Crippen LogP contribution in [-0.4, -0.2) is 56.7 Å². The van der Waals surface area contributed by atoms with Crippen LogP contribution in [0.2, 0.25) is 0 Å². The van der Waals surface area contributed by atoms with Crippen molar-refractivity contribution in [3.8, 4) is 0 Å². The van der Waals surface area contributed by atoms with Gasteiger partial charge in [-0.25, -0.2) is 0 Å². The largest absolute Gasteiger partial charge is 0.381 e. The quantitative estimate of drug-likeness (QED) is 0.382. The highest BCUT2D eigenvalue weighted by Crippen LogP contribution is 2.38. The summed E-state index contributed by atoms with van der Waals surface area (Å²) in [4.78, 5) is 18.9. The summed E-state index contributed by atoms with van der Waals surface area (Å²) in [6, 6.07) is 7.77. The molecule has 1 aromatic rings. The van der Waals surface area contributed by atoms with E-state index in [-0.39, 0.29) is 29.9 Å². The number of benzene rings is 1. The summed E-state index contributed by atoms with van der Waals surface area (Å²) in [6.45, 7) is 7.18. The van der Waals surface area contributed by atoms with Gasteiger partial charge in [-0.3, -0.25) is 9.79 Å². The number of halogens is 1. The molecule has 0 radical (unpaired) electrons. The third-order valence-electron chi connectivity index (χ3n) is 5.31. The van der Waals surface area contributed by atoms with Gasteiger partial charge in [0.25, 0.3) is 5.91 Å². The first-order chi connectivity index (χ1) is 12.7. The van der Waals surface area contributed by atoms with Crippen molar-refractivity contribution < 1.29 is 9.53 Å². The minimum atomic E-state index is -0.0131. The molecule has 7 heteroatoms. The number of guanidine groups is 1. The Morgan fingerprint density at radius 3 is 2.89 bits per heavy atom. The van der Waals surface area contributed by atoms with E-state index in [0.717, 1.165) is 50.7 Å². The Balaban J connectivity index is 0.00000261. The molecule has 2 heterocycles. The van der Waals surface area contributed by atoms with Crippen molar-refractivity contribution in [3.63, 3.8) is 0 Å². The summed E-state index contributed by atoms with van der Waals surface area (Å²) in [5, 5.41) is 6.37. The van der Waals surface area contributed by atoms with Gasteiger partial charge >= 0.3 is 0 Å². The number of hydrogen-bond acceptors (Lipinski definition) is 3. The summed E-state index contributed by atoms with van der Waals surface area (Å²) in [7, 11) is 1.83. The van der Waals surface area contributed by atoms with Crippen LogP contribution in [0.25, 0.3) is 0 Å². The molecule has 0 saturated carbocycles. The molecule has 2 saturated heterocycles. The minimum absolute atomic E-state index is 0. The molecule has 0 aromatic heterocycles. The normalized spacial score (nSPS) is 22.0. The lowest BCUT2D eigenvalue weighted by molar-refractivity contribution is 0.0953. The van der Waals surface area contributed by atoms with Gasteiger partial charge in [0.15, 0.2) is 5.96 Å². The smallest absolute Gasteiger partial charge is 0.251 e. The predicted octanol–water partition coefficient (Wildman–Crippen LogP) is 2.63. The average Bonchev–Trinajstić information content (AvgIpc) is 3.30. The lowest BCUT2D eigenvalue weighted by Gasteiger charge is -2.25. The zero-order valence-corrected chi connectivity index (χ0v) is 18.6. The van der Waals surface area contributed by atoms with Gasteiger partial charge in [0.1, 0.15) is 0 Å². The standard InChI is InChI=1S/C20H30N4O2.HI/c1-3-9-22-18(25)17-6-4-5-16(12-17)13-23-19(21-2)24-10-7-20(14-24)8-11-26-15-20;/h4-6,12H,3,7-11,13-15H2,1-2H3,(H,21,23)(H,22,25);1H. The van der Waals surface area contributed by atoms with Crippen molar-refractivity contribution in [2.75, 3.05) is 39.9 Å². The number of carbonyl (C=O) groups is 1. The van der Waals surface area contributed by atoms with E-state index in [1.165, 1.54) is 6.42 Å². The predicted molar refractivity (Wildman–Crippen MR) is 119 cm³/mol. The van der Waals surface area contributed by atoms with Gasteiger partial charge in [-0.15, -0.1) is 24.0 Å². The first kappa shape index (κ1) is 21.9. The third-order valence-corrected chi connectivity index (χ3v) is 5.31. The molecule has 150 valence electrons. The average molecular weight is 486 g/mol. The Morgan fingerprint density at radius 1 is 1.33 bits per heavy atom. The van der Waals surface area contributed by atoms with Crippen LogP contribution in [0.5, 0.6) is 0 Å². The Morgan fingerprint density at radius 2 is 2.19 bits per heavy atom. The first-order valence-corrected chi connectivity index (χ1v) is 9.56. The molecule has 2 fully saturated rings. The van der Waals surface area contributed by atoms with Crippen LogP contribution >= 0.6 is 24.0 Å². The fourth-order valence-electron chi connectivity index (χ4n) is 3.76. The highest BCUT2D eigenvalue weighted by molar-refractivity contribution is 14.0. The highest BCUT2D eigenvalue weighted by Gasteiger charge is 2.42. The molecule has 0 aliphatic carbocycles. The van der Waals surface area contributed by atoms with E-state index < -0.39 is 0 Å². The molecule has 1 spiro atoms. The molecule has 2 aliphatic rings. The zero-order valence-electron chi connectivity index (χ0n) is 16.3. The van der Waals surface area contributed by atoms with Crippen LogP contribution in [0.1, 0.15) is 42.1 Å². The summed E-state index contributed by atoms with van der Waals surface area (Å²) >= 11 is 0. The Hall–Kier alpha value is -1.35. The summed E-state index contributed by atoms with van der Waals surface area (Å²) in [6.07, 6.45) is 3.25. The second-order valence-corrected chi connectivity index (χ2v) is 7.33. The van der Waals surface area contributed by atoms with Crippen LogP contribution in [0, 0.1) is 5.41 Å². The summed E-state index contributed by atoms with van der Waals surface area (Å²) < 4.78 is 5.61. The van der Waals surface area contributed by atoms with E-state index in [2.05, 4.69) is 20.5 Å². The molecule has 1 amide bonds. The van der Waals surface area contributed by atoms with Crippen LogP contribution in [0.15, 0.2) is 29.3 Å². The van der Waals surface area contributed by atoms with E-state index in [1.54, 1.807) is 0 Å². The van der Waals surface area contributed by atoms with E-state index in [1.807, 2.05) is 38.2 Å². The van der Waals surface area contributed by atoms with Gasteiger partial charge in [0.2, 0.25) is 0 Å². The Labute approximate surface area is 179 Å². The van der Waals surface area contributed by atoms with Crippen LogP contribution in [0.3, 0.4) is 0 Å². The maximum absolute atomic E-state index is 12.1. The van der Waals surface area contributed by atoms with Crippen LogP contribution < -0.4 is 10.6 Å². The molecule has 2 aliphatic heterocycles. The molecular weight excluding hydrogens is 455 g/mol. The number of ether oxygens (including phenoxy) is 1. The monoisotopic (exact) mass is 486 g/mol. The molecular formula is C20H31IN4O2. The second-order valence-electron chi connectivity index (χ2n) is 7.33. The van der Waals surface area contributed by atoms with Crippen molar-refractivity contribution in [1.29, 1.82) is 0 Å². The molecule has 1 aromatic carbocycles. The topological polar surface area (TPSA) is 66.0 Å². The lowest BCUT2D eigenvalue weighted by Crippen LogP contribution is -2.41. The molecule has 1 unspecified atom stereocenters. The molecule has 27 heavy (non-hydrogen) atoms. The number of nitrogens with one attached hydrogen (secondary N) is 2. The Bertz CT molecular complexity index is 659. The third kappa shape index (κ3) is 5.57. The number of nitrogens with zero attached hydrogens (tertiary/aromatic N) is 2. The number of amides is 1. The molecule has 6 nitrogen and oxygen atoms in total. The highest BCUT2D eigenvalue weighted by atomic mass is 127. The van der Waals surface area contributed by atoms with E-state index >= 15 is 0 Å². The second kappa shape index (κ2) is 10.3. The first-order valence-electron chi connectivity index (χ1n) is 9.56. The van der Waals surface area contributed by atoms with E-state index in [9.17, 15) is 4.79 Å². The van der Waals surface area contributed by atoms with Crippen molar-refractivity contribution in [3.05, 3.63) is 35.4 Å². The zero-order chi connectivity index (χ0) is 18.4. The summed E-state index contributed by atoms with van der Waals surface area (Å²) in [5.74, 6) is 0.912. The number of aliphatic imine (C=N–C) groups is 1. The van der Waals surface area contributed by atoms with Gasteiger partial charge in [-0.05, 0) is 37.0 Å². The number of likely N-dealkylation sites (tertiary alicyclic amines) is 1. The molecule has 3 rings (SSSR count). The maximum atomic E-state index is 12.1. The van der Waals surface area contributed by atoms with E-state index in [4.69, 9.17) is 4.74 Å². The maximum Gasteiger partial charge on any atom is 0.251 e. The van der Waals surface area contributed by atoms with Crippen molar-refractivity contribution >= 4 is 35.8 Å². The van der Waals surface area contributed by atoms with E-state index in [0.29, 0.717) is 24.1 Å². The number of rotatable bonds is 5. The van der Waals surface area contributed by atoms with Crippen molar-refractivity contribution in [2.24, 2.45) is 10.4 Å². The van der Waals surface area contributed by atoms with Gasteiger partial charge in [0.05, 0.1) is 6.61 Å². The molecule has 2 N–H and O–H groups in total. The van der Waals surface area contributed by atoms with Gasteiger partial charge in [-0.1, -0.05) is 19.1 Å². The molecule has 0 bridgehead atoms. The van der Waals surface area contributed by atoms with Crippen LogP contribution in [0.4, 0.5) is 0 Å². The Kier molecular flexibility index (Phi) is 8.34. The van der Waals surface area contributed by atoms with Crippen LogP contribution in [-0.2, 0) is 11.3 Å². The SMILES string of the molecule is CCCNC(=O)c1cccc(CNC(=NC)N2CCC3(CCOC3)C2)c1.I. The number of carbonyl (C=O) groups excluding carboxylic acids is 1. The lowest BCUT2D eigenvalue weighted by atomic mass is 9.87. The van der Waals surface area contributed by atoms with Gasteiger partial charge < -0.3 is 20.3 Å². The van der Waals surface area contributed by atoms with Gasteiger partial charge in [0, 0.05) is 50.8 Å². The van der Waals surface area contributed by atoms with Gasteiger partial charge in [-0.2, -0.15) is 0 Å². The fraction of sp³-hybridized carbons (Fsp3) is 0.600. The fourth-order valence-corrected chi connectivity index (χ4v) is 3.76.